The number of carboxylic acids is 1. The van der Waals surface area contributed by atoms with Gasteiger partial charge in [0.1, 0.15) is 5.82 Å². The van der Waals surface area contributed by atoms with Gasteiger partial charge in [-0.1, -0.05) is 36.8 Å². The number of methoxy groups -OCH3 is 1. The number of carbonyl (C=O) groups is 2. The number of anilines is 1. The van der Waals surface area contributed by atoms with Gasteiger partial charge in [0.15, 0.2) is 0 Å². The number of carboxylic acid groups (broad SMARTS) is 1. The Labute approximate surface area is 199 Å². The first-order chi connectivity index (χ1) is 16.5. The number of imidazole rings is 1. The zero-order valence-electron chi connectivity index (χ0n) is 19.7. The van der Waals surface area contributed by atoms with Gasteiger partial charge in [0.25, 0.3) is 0 Å². The summed E-state index contributed by atoms with van der Waals surface area (Å²) in [5.41, 5.74) is 5.05. The molecule has 7 heteroatoms. The number of ether oxygens (including phenoxy) is 1. The van der Waals surface area contributed by atoms with Crippen LogP contribution in [0.2, 0.25) is 0 Å². The molecule has 0 bridgehead atoms. The van der Waals surface area contributed by atoms with Crippen molar-refractivity contribution < 1.29 is 19.4 Å². The van der Waals surface area contributed by atoms with E-state index in [-0.39, 0.29) is 24.1 Å². The van der Waals surface area contributed by atoms with E-state index in [9.17, 15) is 14.7 Å². The Morgan fingerprint density at radius 1 is 1.12 bits per heavy atom. The third-order valence-corrected chi connectivity index (χ3v) is 7.46. The number of benzene rings is 2. The maximum absolute atomic E-state index is 12.6. The van der Waals surface area contributed by atoms with Crippen LogP contribution in [0.25, 0.3) is 11.0 Å². The number of aromatic nitrogens is 2. The van der Waals surface area contributed by atoms with Crippen LogP contribution in [0.5, 0.6) is 0 Å². The Bertz CT molecular complexity index is 1220. The van der Waals surface area contributed by atoms with Crippen LogP contribution in [-0.4, -0.2) is 39.9 Å². The van der Waals surface area contributed by atoms with Crippen molar-refractivity contribution in [3.05, 3.63) is 59.4 Å². The van der Waals surface area contributed by atoms with Crippen molar-refractivity contribution >= 4 is 28.8 Å². The standard InChI is InChI=1S/C27H31N3O4/c1-17-11-12-21-22(29(17)27(33)34-2)13-14-23-25(21)28-24(15-18-7-4-3-5-8-18)30(23)20-10-6-9-19(16-20)26(31)32/h3-5,7-8,13-14,17,19-20H,6,9-12,15-16H2,1-2H3,(H,31,32)/t17?,19-,20-/m1/s1. The molecule has 1 N–H and O–H groups in total. The fraction of sp³-hybridized carbons (Fsp3) is 0.444. The number of amides is 1. The Hall–Kier alpha value is -3.35. The van der Waals surface area contributed by atoms with E-state index in [0.29, 0.717) is 12.8 Å². The monoisotopic (exact) mass is 461 g/mol. The van der Waals surface area contributed by atoms with Gasteiger partial charge in [0.05, 0.1) is 29.7 Å². The fourth-order valence-corrected chi connectivity index (χ4v) is 5.76. The minimum atomic E-state index is -0.709. The Morgan fingerprint density at radius 3 is 2.65 bits per heavy atom. The Balaban J connectivity index is 1.65. The zero-order chi connectivity index (χ0) is 23.8. The lowest BCUT2D eigenvalue weighted by molar-refractivity contribution is -0.143. The van der Waals surface area contributed by atoms with Crippen LogP contribution in [0.3, 0.4) is 0 Å². The predicted molar refractivity (Wildman–Crippen MR) is 130 cm³/mol. The lowest BCUT2D eigenvalue weighted by Crippen LogP contribution is -2.42. The Kier molecular flexibility index (Phi) is 6.02. The fourth-order valence-electron chi connectivity index (χ4n) is 5.76. The summed E-state index contributed by atoms with van der Waals surface area (Å²) in [6.07, 6.45) is 5.19. The van der Waals surface area contributed by atoms with Crippen molar-refractivity contribution in [2.45, 2.75) is 64.0 Å². The quantitative estimate of drug-likeness (QED) is 0.566. The molecule has 178 valence electrons. The van der Waals surface area contributed by atoms with E-state index in [2.05, 4.69) is 16.7 Å². The molecule has 3 aromatic rings. The highest BCUT2D eigenvalue weighted by Gasteiger charge is 2.34. The van der Waals surface area contributed by atoms with Gasteiger partial charge in [-0.3, -0.25) is 9.69 Å². The molecule has 5 rings (SSSR count). The molecular formula is C27H31N3O4. The molecule has 2 aliphatic rings. The third-order valence-electron chi connectivity index (χ3n) is 7.46. The molecule has 1 aliphatic heterocycles. The number of hydrogen-bond acceptors (Lipinski definition) is 4. The molecule has 1 aromatic heterocycles. The second-order valence-corrected chi connectivity index (χ2v) is 9.57. The van der Waals surface area contributed by atoms with E-state index >= 15 is 0 Å². The summed E-state index contributed by atoms with van der Waals surface area (Å²) < 4.78 is 7.36. The van der Waals surface area contributed by atoms with Crippen LogP contribution in [0.1, 0.15) is 62.0 Å². The minimum absolute atomic E-state index is 0.0537. The van der Waals surface area contributed by atoms with Crippen LogP contribution in [0.4, 0.5) is 10.5 Å². The average molecular weight is 462 g/mol. The van der Waals surface area contributed by atoms with Gasteiger partial charge in [-0.25, -0.2) is 9.78 Å². The maximum Gasteiger partial charge on any atom is 0.414 e. The number of aliphatic carboxylic acids is 1. The van der Waals surface area contributed by atoms with Gasteiger partial charge in [0, 0.05) is 24.1 Å². The molecule has 3 atom stereocenters. The van der Waals surface area contributed by atoms with Gasteiger partial charge in [-0.2, -0.15) is 0 Å². The van der Waals surface area contributed by atoms with Crippen molar-refractivity contribution in [3.8, 4) is 0 Å². The van der Waals surface area contributed by atoms with Crippen LogP contribution in [0.15, 0.2) is 42.5 Å². The average Bonchev–Trinajstić information content (AvgIpc) is 3.22. The zero-order valence-corrected chi connectivity index (χ0v) is 19.7. The molecule has 0 saturated heterocycles. The van der Waals surface area contributed by atoms with Crippen LogP contribution >= 0.6 is 0 Å². The van der Waals surface area contributed by atoms with Gasteiger partial charge >= 0.3 is 12.1 Å². The number of aryl methyl sites for hydroxylation is 1. The molecule has 7 nitrogen and oxygen atoms in total. The van der Waals surface area contributed by atoms with Crippen LogP contribution in [-0.2, 0) is 22.4 Å². The van der Waals surface area contributed by atoms with E-state index in [1.807, 2.05) is 37.3 Å². The van der Waals surface area contributed by atoms with E-state index in [0.717, 1.165) is 60.2 Å². The number of hydrogen-bond donors (Lipinski definition) is 1. The van der Waals surface area contributed by atoms with Gasteiger partial charge in [-0.15, -0.1) is 0 Å². The normalized spacial score (nSPS) is 22.4. The number of fused-ring (bicyclic) bond motifs is 3. The smallest absolute Gasteiger partial charge is 0.414 e. The van der Waals surface area contributed by atoms with E-state index in [4.69, 9.17) is 9.72 Å². The van der Waals surface area contributed by atoms with Crippen molar-refractivity contribution in [2.75, 3.05) is 12.0 Å². The second-order valence-electron chi connectivity index (χ2n) is 9.57. The van der Waals surface area contributed by atoms with Crippen molar-refractivity contribution in [1.82, 2.24) is 9.55 Å². The third kappa shape index (κ3) is 3.93. The van der Waals surface area contributed by atoms with Crippen LogP contribution in [0, 0.1) is 5.92 Å². The van der Waals surface area contributed by atoms with Crippen molar-refractivity contribution in [3.63, 3.8) is 0 Å². The summed E-state index contributed by atoms with van der Waals surface area (Å²) in [4.78, 5) is 31.2. The highest BCUT2D eigenvalue weighted by molar-refractivity contribution is 5.95. The number of carbonyl (C=O) groups excluding carboxylic acids is 1. The highest BCUT2D eigenvalue weighted by atomic mass is 16.5. The summed E-state index contributed by atoms with van der Waals surface area (Å²) >= 11 is 0. The van der Waals surface area contributed by atoms with E-state index < -0.39 is 5.97 Å². The largest absolute Gasteiger partial charge is 0.481 e. The molecule has 1 fully saturated rings. The summed E-state index contributed by atoms with van der Waals surface area (Å²) in [6.45, 7) is 2.04. The number of nitrogens with zero attached hydrogens (tertiary/aromatic N) is 3. The van der Waals surface area contributed by atoms with Crippen molar-refractivity contribution in [2.24, 2.45) is 5.92 Å². The molecule has 1 saturated carbocycles. The second kappa shape index (κ2) is 9.12. The summed E-state index contributed by atoms with van der Waals surface area (Å²) in [5, 5.41) is 9.68. The molecule has 0 spiro atoms. The molecule has 2 aromatic carbocycles. The molecule has 1 amide bonds. The van der Waals surface area contributed by atoms with Gasteiger partial charge in [0.2, 0.25) is 0 Å². The SMILES string of the molecule is COC(=O)N1c2ccc3c(nc(Cc4ccccc4)n3[C@@H]3CCC[C@@H](C(=O)O)C3)c2CCC1C. The van der Waals surface area contributed by atoms with E-state index in [1.165, 1.54) is 12.7 Å². The Morgan fingerprint density at radius 2 is 1.91 bits per heavy atom. The summed E-state index contributed by atoms with van der Waals surface area (Å²) in [5.74, 6) is -0.0817. The van der Waals surface area contributed by atoms with Crippen molar-refractivity contribution in [1.29, 1.82) is 0 Å². The first kappa shape index (κ1) is 22.4. The molecular weight excluding hydrogens is 430 g/mol. The molecule has 2 heterocycles. The van der Waals surface area contributed by atoms with Gasteiger partial charge in [-0.05, 0) is 56.7 Å². The first-order valence-electron chi connectivity index (χ1n) is 12.1. The molecule has 1 unspecified atom stereocenters. The summed E-state index contributed by atoms with van der Waals surface area (Å²) in [7, 11) is 1.41. The minimum Gasteiger partial charge on any atom is -0.481 e. The van der Waals surface area contributed by atoms with Crippen LogP contribution < -0.4 is 4.90 Å². The van der Waals surface area contributed by atoms with E-state index in [1.54, 1.807) is 4.90 Å². The topological polar surface area (TPSA) is 84.7 Å². The molecule has 0 radical (unpaired) electrons. The lowest BCUT2D eigenvalue weighted by Gasteiger charge is -2.34. The highest BCUT2D eigenvalue weighted by Crippen LogP contribution is 2.40. The summed E-state index contributed by atoms with van der Waals surface area (Å²) in [6, 6.07) is 14.5. The molecule has 1 aliphatic carbocycles. The predicted octanol–water partition coefficient (Wildman–Crippen LogP) is 5.35. The number of rotatable bonds is 4. The van der Waals surface area contributed by atoms with Gasteiger partial charge < -0.3 is 14.4 Å². The molecule has 34 heavy (non-hydrogen) atoms. The maximum atomic E-state index is 12.6. The first-order valence-corrected chi connectivity index (χ1v) is 12.1. The lowest BCUT2D eigenvalue weighted by atomic mass is 9.85.